The number of hydrogen-bond acceptors (Lipinski definition) is 6. The van der Waals surface area contributed by atoms with Crippen LogP contribution >= 0.6 is 0 Å². The summed E-state index contributed by atoms with van der Waals surface area (Å²) < 4.78 is 45.2. The molecule has 0 aliphatic carbocycles. The van der Waals surface area contributed by atoms with Gasteiger partial charge < -0.3 is 15.0 Å². The van der Waals surface area contributed by atoms with Crippen molar-refractivity contribution in [2.75, 3.05) is 30.4 Å². The maximum Gasteiger partial charge on any atom is 0.453 e. The molecule has 1 fully saturated rings. The number of fused-ring (bicyclic) bond motifs is 1. The number of rotatable bonds is 4. The van der Waals surface area contributed by atoms with Crippen molar-refractivity contribution in [1.82, 2.24) is 19.8 Å². The van der Waals surface area contributed by atoms with Gasteiger partial charge in [-0.25, -0.2) is 0 Å². The molecule has 2 aromatic heterocycles. The van der Waals surface area contributed by atoms with Crippen LogP contribution in [0.2, 0.25) is 0 Å². The van der Waals surface area contributed by atoms with Crippen molar-refractivity contribution in [3.05, 3.63) is 42.2 Å². The summed E-state index contributed by atoms with van der Waals surface area (Å²) in [5.74, 6) is -0.694. The summed E-state index contributed by atoms with van der Waals surface area (Å²) in [6, 6.07) is 10.1. The molecule has 1 atom stereocenters. The van der Waals surface area contributed by atoms with E-state index in [1.807, 2.05) is 0 Å². The molecular weight excluding hydrogens is 401 g/mol. The van der Waals surface area contributed by atoms with Crippen LogP contribution in [0.1, 0.15) is 18.7 Å². The Kier molecular flexibility index (Phi) is 5.18. The van der Waals surface area contributed by atoms with Crippen LogP contribution in [0.3, 0.4) is 0 Å². The first-order valence-electron chi connectivity index (χ1n) is 9.34. The third-order valence-electron chi connectivity index (χ3n) is 4.96. The van der Waals surface area contributed by atoms with Crippen LogP contribution in [-0.4, -0.2) is 45.9 Å². The molecule has 158 valence electrons. The second-order valence-electron chi connectivity index (χ2n) is 6.99. The smallest absolute Gasteiger partial charge is 0.453 e. The van der Waals surface area contributed by atoms with E-state index in [2.05, 4.69) is 20.6 Å². The van der Waals surface area contributed by atoms with Gasteiger partial charge in [-0.3, -0.25) is 4.79 Å². The van der Waals surface area contributed by atoms with Crippen LogP contribution in [0.25, 0.3) is 5.65 Å². The SMILES string of the molecule is COc1cccc(NC(=O)C2CCCN(c3ccc4nnc(C(F)(F)F)n4n3)C2)c1. The number of nitrogens with one attached hydrogen (secondary N) is 1. The Balaban J connectivity index is 1.51. The number of aromatic nitrogens is 4. The van der Waals surface area contributed by atoms with Gasteiger partial charge in [-0.15, -0.1) is 15.3 Å². The molecule has 11 heteroatoms. The standard InChI is InChI=1S/C19H19F3N6O2/c1-30-14-6-2-5-13(10-14)23-17(29)12-4-3-9-27(11-12)16-8-7-15-24-25-18(19(20,21)22)28(15)26-16/h2,5-8,10,12H,3-4,9,11H2,1H3,(H,23,29). The van der Waals surface area contributed by atoms with Gasteiger partial charge in [0.1, 0.15) is 11.6 Å². The van der Waals surface area contributed by atoms with Crippen molar-refractivity contribution in [3.63, 3.8) is 0 Å². The highest BCUT2D eigenvalue weighted by molar-refractivity contribution is 5.93. The molecule has 1 unspecified atom stereocenters. The van der Waals surface area contributed by atoms with Crippen LogP contribution in [0.15, 0.2) is 36.4 Å². The van der Waals surface area contributed by atoms with E-state index in [1.54, 1.807) is 42.3 Å². The molecule has 1 aliphatic heterocycles. The van der Waals surface area contributed by atoms with Crippen molar-refractivity contribution in [3.8, 4) is 5.75 Å². The Morgan fingerprint density at radius 3 is 2.83 bits per heavy atom. The largest absolute Gasteiger partial charge is 0.497 e. The molecule has 3 aromatic rings. The first kappa shape index (κ1) is 19.9. The zero-order chi connectivity index (χ0) is 21.3. The molecule has 1 aliphatic rings. The highest BCUT2D eigenvalue weighted by Gasteiger charge is 2.38. The average Bonchev–Trinajstić information content (AvgIpc) is 3.18. The van der Waals surface area contributed by atoms with Crippen LogP contribution in [0.4, 0.5) is 24.7 Å². The second-order valence-corrected chi connectivity index (χ2v) is 6.99. The lowest BCUT2D eigenvalue weighted by Crippen LogP contribution is -2.41. The van der Waals surface area contributed by atoms with E-state index in [-0.39, 0.29) is 17.5 Å². The van der Waals surface area contributed by atoms with Gasteiger partial charge in [0, 0.05) is 24.8 Å². The minimum absolute atomic E-state index is 0.00963. The molecule has 8 nitrogen and oxygen atoms in total. The fourth-order valence-corrected chi connectivity index (χ4v) is 3.47. The topological polar surface area (TPSA) is 84.6 Å². The number of benzene rings is 1. The number of piperidine rings is 1. The quantitative estimate of drug-likeness (QED) is 0.699. The van der Waals surface area contributed by atoms with Crippen LogP contribution in [0, 0.1) is 5.92 Å². The van der Waals surface area contributed by atoms with Gasteiger partial charge in [0.25, 0.3) is 5.82 Å². The van der Waals surface area contributed by atoms with Crippen molar-refractivity contribution in [2.24, 2.45) is 5.92 Å². The van der Waals surface area contributed by atoms with Crippen LogP contribution < -0.4 is 15.0 Å². The number of ether oxygens (including phenoxy) is 1. The molecule has 1 N–H and O–H groups in total. The van der Waals surface area contributed by atoms with Gasteiger partial charge in [0.05, 0.1) is 13.0 Å². The average molecular weight is 420 g/mol. The molecule has 0 radical (unpaired) electrons. The van der Waals surface area contributed by atoms with E-state index < -0.39 is 12.0 Å². The molecule has 4 rings (SSSR count). The molecule has 30 heavy (non-hydrogen) atoms. The Morgan fingerprint density at radius 1 is 1.23 bits per heavy atom. The minimum atomic E-state index is -4.66. The van der Waals surface area contributed by atoms with E-state index >= 15 is 0 Å². The number of carbonyl (C=O) groups excluding carboxylic acids is 1. The molecule has 0 spiro atoms. The number of methoxy groups -OCH3 is 1. The third-order valence-corrected chi connectivity index (χ3v) is 4.96. The monoisotopic (exact) mass is 420 g/mol. The van der Waals surface area contributed by atoms with E-state index in [0.717, 1.165) is 0 Å². The van der Waals surface area contributed by atoms with Crippen molar-refractivity contribution in [2.45, 2.75) is 19.0 Å². The maximum atomic E-state index is 13.1. The van der Waals surface area contributed by atoms with Crippen molar-refractivity contribution < 1.29 is 22.7 Å². The second kappa shape index (κ2) is 7.81. The predicted molar refractivity (Wildman–Crippen MR) is 102 cm³/mol. The zero-order valence-corrected chi connectivity index (χ0v) is 16.1. The minimum Gasteiger partial charge on any atom is -0.497 e. The summed E-state index contributed by atoms with van der Waals surface area (Å²) in [4.78, 5) is 14.5. The van der Waals surface area contributed by atoms with Crippen LogP contribution in [0.5, 0.6) is 5.75 Å². The molecule has 1 aromatic carbocycles. The maximum absolute atomic E-state index is 13.1. The van der Waals surface area contributed by atoms with E-state index in [4.69, 9.17) is 4.74 Å². The number of hydrogen-bond donors (Lipinski definition) is 1. The highest BCUT2D eigenvalue weighted by atomic mass is 19.4. The lowest BCUT2D eigenvalue weighted by Gasteiger charge is -2.32. The number of anilines is 2. The number of halogens is 3. The summed E-state index contributed by atoms with van der Waals surface area (Å²) >= 11 is 0. The first-order valence-corrected chi connectivity index (χ1v) is 9.34. The van der Waals surface area contributed by atoms with Crippen molar-refractivity contribution >= 4 is 23.1 Å². The zero-order valence-electron chi connectivity index (χ0n) is 16.1. The number of carbonyl (C=O) groups is 1. The molecule has 3 heterocycles. The number of amides is 1. The highest BCUT2D eigenvalue weighted by Crippen LogP contribution is 2.29. The van der Waals surface area contributed by atoms with E-state index in [1.165, 1.54) is 6.07 Å². The molecular formula is C19H19F3N6O2. The Labute approximate surface area is 169 Å². The van der Waals surface area contributed by atoms with Gasteiger partial charge in [0.15, 0.2) is 5.65 Å². The third kappa shape index (κ3) is 4.00. The van der Waals surface area contributed by atoms with Crippen LogP contribution in [-0.2, 0) is 11.0 Å². The van der Waals surface area contributed by atoms with E-state index in [9.17, 15) is 18.0 Å². The fourth-order valence-electron chi connectivity index (χ4n) is 3.47. The molecule has 0 bridgehead atoms. The van der Waals surface area contributed by atoms with Gasteiger partial charge in [-0.1, -0.05) is 6.07 Å². The van der Waals surface area contributed by atoms with Gasteiger partial charge in [-0.05, 0) is 37.1 Å². The van der Waals surface area contributed by atoms with Crippen molar-refractivity contribution in [1.29, 1.82) is 0 Å². The Hall–Kier alpha value is -3.37. The summed E-state index contributed by atoms with van der Waals surface area (Å²) in [7, 11) is 1.55. The normalized spacial score (nSPS) is 17.2. The fraction of sp³-hybridized carbons (Fsp3) is 0.368. The first-order chi connectivity index (χ1) is 14.3. The summed E-state index contributed by atoms with van der Waals surface area (Å²) in [5.41, 5.74) is 0.630. The summed E-state index contributed by atoms with van der Waals surface area (Å²) in [6.07, 6.45) is -3.27. The molecule has 1 amide bonds. The van der Waals surface area contributed by atoms with Gasteiger partial charge in [0.2, 0.25) is 5.91 Å². The van der Waals surface area contributed by atoms with E-state index in [0.29, 0.717) is 47.7 Å². The van der Waals surface area contributed by atoms with Gasteiger partial charge >= 0.3 is 6.18 Å². The number of alkyl halides is 3. The Morgan fingerprint density at radius 2 is 2.07 bits per heavy atom. The summed E-state index contributed by atoms with van der Waals surface area (Å²) in [6.45, 7) is 0.933. The molecule has 1 saturated heterocycles. The Bertz CT molecular complexity index is 1070. The number of nitrogens with zero attached hydrogens (tertiary/aromatic N) is 5. The predicted octanol–water partition coefficient (Wildman–Crippen LogP) is 3.01. The molecule has 0 saturated carbocycles. The summed E-state index contributed by atoms with van der Waals surface area (Å²) in [5, 5.41) is 13.7. The lowest BCUT2D eigenvalue weighted by atomic mass is 9.97. The van der Waals surface area contributed by atoms with Gasteiger partial charge in [-0.2, -0.15) is 17.7 Å². The lowest BCUT2D eigenvalue weighted by molar-refractivity contribution is -0.146.